The van der Waals surface area contributed by atoms with Crippen LogP contribution in [-0.2, 0) is 6.54 Å². The summed E-state index contributed by atoms with van der Waals surface area (Å²) in [6.45, 7) is 6.76. The Hall–Kier alpha value is -1.13. The van der Waals surface area contributed by atoms with Crippen molar-refractivity contribution >= 4 is 5.69 Å². The highest BCUT2D eigenvalue weighted by molar-refractivity contribution is 5.48. The summed E-state index contributed by atoms with van der Waals surface area (Å²) in [5.74, 6) is 0.913. The Morgan fingerprint density at radius 3 is 2.67 bits per heavy atom. The molecule has 4 heteroatoms. The molecule has 3 nitrogen and oxygen atoms in total. The van der Waals surface area contributed by atoms with Crippen molar-refractivity contribution in [2.45, 2.75) is 39.3 Å². The lowest BCUT2D eigenvalue weighted by atomic mass is 9.82. The second kappa shape index (κ2) is 7.23. The van der Waals surface area contributed by atoms with Crippen molar-refractivity contribution in [1.29, 1.82) is 0 Å². The van der Waals surface area contributed by atoms with E-state index < -0.39 is 0 Å². The molecule has 0 spiro atoms. The number of anilines is 1. The van der Waals surface area contributed by atoms with Crippen LogP contribution in [0.4, 0.5) is 10.1 Å². The third kappa shape index (κ3) is 4.68. The van der Waals surface area contributed by atoms with Gasteiger partial charge in [-0.2, -0.15) is 0 Å². The molecule has 0 aliphatic heterocycles. The van der Waals surface area contributed by atoms with E-state index in [1.54, 1.807) is 6.07 Å². The van der Waals surface area contributed by atoms with Gasteiger partial charge in [-0.1, -0.05) is 19.9 Å². The first-order valence-electron chi connectivity index (χ1n) is 7.84. The number of hydrogen-bond donors (Lipinski definition) is 2. The van der Waals surface area contributed by atoms with Crippen LogP contribution in [0.2, 0.25) is 0 Å². The second-order valence-corrected chi connectivity index (χ2v) is 6.68. The standard InChI is InChI=1S/C17H27FN2O/c1-12(2)9-19-10-13-4-5-17(16(18)8-13)20(3)11-14-6-15(21)7-14/h4-5,8,12,14-15,19,21H,6-7,9-11H2,1-3H3. The van der Waals surface area contributed by atoms with E-state index in [4.69, 9.17) is 0 Å². The summed E-state index contributed by atoms with van der Waals surface area (Å²) < 4.78 is 14.2. The van der Waals surface area contributed by atoms with Crippen LogP contribution in [0.25, 0.3) is 0 Å². The predicted molar refractivity (Wildman–Crippen MR) is 84.9 cm³/mol. The van der Waals surface area contributed by atoms with Crippen molar-refractivity contribution in [2.24, 2.45) is 11.8 Å². The topological polar surface area (TPSA) is 35.5 Å². The number of aliphatic hydroxyl groups excluding tert-OH is 1. The first kappa shape index (κ1) is 16.2. The van der Waals surface area contributed by atoms with Crippen LogP contribution in [-0.4, -0.2) is 31.3 Å². The van der Waals surface area contributed by atoms with E-state index in [1.165, 1.54) is 0 Å². The SMILES string of the molecule is CC(C)CNCc1ccc(N(C)CC2CC(O)C2)c(F)c1. The van der Waals surface area contributed by atoms with Gasteiger partial charge in [-0.25, -0.2) is 4.39 Å². The molecule has 0 unspecified atom stereocenters. The number of benzene rings is 1. The lowest BCUT2D eigenvalue weighted by molar-refractivity contribution is 0.0464. The van der Waals surface area contributed by atoms with Crippen molar-refractivity contribution in [3.05, 3.63) is 29.6 Å². The summed E-state index contributed by atoms with van der Waals surface area (Å²) in [4.78, 5) is 1.96. The minimum atomic E-state index is -0.166. The van der Waals surface area contributed by atoms with Gasteiger partial charge >= 0.3 is 0 Å². The van der Waals surface area contributed by atoms with Gasteiger partial charge in [-0.05, 0) is 48.9 Å². The van der Waals surface area contributed by atoms with Crippen molar-refractivity contribution in [3.8, 4) is 0 Å². The Kier molecular flexibility index (Phi) is 5.59. The maximum Gasteiger partial charge on any atom is 0.146 e. The van der Waals surface area contributed by atoms with Gasteiger partial charge in [0.2, 0.25) is 0 Å². The summed E-state index contributed by atoms with van der Waals surface area (Å²) in [5.41, 5.74) is 1.62. The maximum absolute atomic E-state index is 14.2. The first-order chi connectivity index (χ1) is 9.95. The molecule has 1 aromatic rings. The monoisotopic (exact) mass is 294 g/mol. The van der Waals surface area contributed by atoms with E-state index in [1.807, 2.05) is 24.1 Å². The van der Waals surface area contributed by atoms with Gasteiger partial charge in [-0.15, -0.1) is 0 Å². The molecule has 0 atom stereocenters. The van der Waals surface area contributed by atoms with Crippen LogP contribution < -0.4 is 10.2 Å². The van der Waals surface area contributed by atoms with Gasteiger partial charge in [0.05, 0.1) is 11.8 Å². The normalized spacial score (nSPS) is 21.4. The highest BCUT2D eigenvalue weighted by Crippen LogP contribution is 2.30. The Bertz CT molecular complexity index is 458. The van der Waals surface area contributed by atoms with Crippen molar-refractivity contribution in [3.63, 3.8) is 0 Å². The predicted octanol–water partition coefficient (Wildman–Crippen LogP) is 2.78. The van der Waals surface area contributed by atoms with E-state index in [9.17, 15) is 9.50 Å². The Labute approximate surface area is 127 Å². The molecule has 0 amide bonds. The molecule has 1 aromatic carbocycles. The highest BCUT2D eigenvalue weighted by Gasteiger charge is 2.28. The molecule has 1 saturated carbocycles. The van der Waals surface area contributed by atoms with Crippen LogP contribution >= 0.6 is 0 Å². The first-order valence-corrected chi connectivity index (χ1v) is 7.84. The number of rotatable bonds is 7. The van der Waals surface area contributed by atoms with Crippen molar-refractivity contribution < 1.29 is 9.50 Å². The lowest BCUT2D eigenvalue weighted by Gasteiger charge is -2.35. The molecule has 2 rings (SSSR count). The van der Waals surface area contributed by atoms with E-state index >= 15 is 0 Å². The molecular weight excluding hydrogens is 267 g/mol. The molecule has 0 heterocycles. The Morgan fingerprint density at radius 2 is 2.10 bits per heavy atom. The molecule has 118 valence electrons. The molecule has 0 bridgehead atoms. The van der Waals surface area contributed by atoms with E-state index in [-0.39, 0.29) is 11.9 Å². The van der Waals surface area contributed by atoms with Gasteiger partial charge in [0.25, 0.3) is 0 Å². The molecule has 1 aliphatic rings. The van der Waals surface area contributed by atoms with E-state index in [2.05, 4.69) is 19.2 Å². The fourth-order valence-corrected chi connectivity index (χ4v) is 2.81. The summed E-state index contributed by atoms with van der Waals surface area (Å²) in [7, 11) is 1.92. The molecule has 0 radical (unpaired) electrons. The maximum atomic E-state index is 14.2. The average Bonchev–Trinajstić information content (AvgIpc) is 2.36. The Balaban J connectivity index is 1.88. The molecule has 1 fully saturated rings. The minimum absolute atomic E-state index is 0.150. The third-order valence-electron chi connectivity index (χ3n) is 4.05. The summed E-state index contributed by atoms with van der Waals surface area (Å²) in [6, 6.07) is 5.46. The summed E-state index contributed by atoms with van der Waals surface area (Å²) in [5, 5.41) is 12.6. The van der Waals surface area contributed by atoms with Crippen LogP contribution in [0.3, 0.4) is 0 Å². The Morgan fingerprint density at radius 1 is 1.38 bits per heavy atom. The molecule has 0 aromatic heterocycles. The van der Waals surface area contributed by atoms with Gasteiger partial charge in [-0.3, -0.25) is 0 Å². The molecular formula is C17H27FN2O. The van der Waals surface area contributed by atoms with Gasteiger partial charge < -0.3 is 15.3 Å². The zero-order valence-electron chi connectivity index (χ0n) is 13.3. The van der Waals surface area contributed by atoms with E-state index in [0.717, 1.165) is 31.5 Å². The summed E-state index contributed by atoms with van der Waals surface area (Å²) in [6.07, 6.45) is 1.52. The zero-order chi connectivity index (χ0) is 15.4. The number of hydrogen-bond acceptors (Lipinski definition) is 3. The van der Waals surface area contributed by atoms with Crippen molar-refractivity contribution in [2.75, 3.05) is 25.0 Å². The van der Waals surface area contributed by atoms with Crippen LogP contribution in [0.5, 0.6) is 0 Å². The summed E-state index contributed by atoms with van der Waals surface area (Å²) >= 11 is 0. The fourth-order valence-electron chi connectivity index (χ4n) is 2.81. The third-order valence-corrected chi connectivity index (χ3v) is 4.05. The lowest BCUT2D eigenvalue weighted by Crippen LogP contribution is -2.37. The van der Waals surface area contributed by atoms with Gasteiger partial charge in [0, 0.05) is 20.1 Å². The van der Waals surface area contributed by atoms with Crippen LogP contribution in [0.1, 0.15) is 32.3 Å². The van der Waals surface area contributed by atoms with Crippen LogP contribution in [0.15, 0.2) is 18.2 Å². The number of halogens is 1. The van der Waals surface area contributed by atoms with E-state index in [0.29, 0.717) is 24.1 Å². The largest absolute Gasteiger partial charge is 0.393 e. The number of nitrogens with zero attached hydrogens (tertiary/aromatic N) is 1. The second-order valence-electron chi connectivity index (χ2n) is 6.68. The quantitative estimate of drug-likeness (QED) is 0.812. The van der Waals surface area contributed by atoms with Gasteiger partial charge in [0.1, 0.15) is 5.82 Å². The highest BCUT2D eigenvalue weighted by atomic mass is 19.1. The minimum Gasteiger partial charge on any atom is -0.393 e. The molecule has 21 heavy (non-hydrogen) atoms. The zero-order valence-corrected chi connectivity index (χ0v) is 13.3. The molecule has 2 N–H and O–H groups in total. The number of aliphatic hydroxyl groups is 1. The van der Waals surface area contributed by atoms with Crippen LogP contribution in [0, 0.1) is 17.7 Å². The van der Waals surface area contributed by atoms with Crippen molar-refractivity contribution in [1.82, 2.24) is 5.32 Å². The molecule has 0 saturated heterocycles. The fraction of sp³-hybridized carbons (Fsp3) is 0.647. The van der Waals surface area contributed by atoms with Gasteiger partial charge in [0.15, 0.2) is 0 Å². The molecule has 1 aliphatic carbocycles. The average molecular weight is 294 g/mol. The smallest absolute Gasteiger partial charge is 0.146 e. The number of nitrogens with one attached hydrogen (secondary N) is 1.